The highest BCUT2D eigenvalue weighted by atomic mass is 79.9. The monoisotopic (exact) mass is 342 g/mol. The molecule has 1 aromatic heterocycles. The average molecular weight is 343 g/mol. The second-order valence-electron chi connectivity index (χ2n) is 5.55. The zero-order chi connectivity index (χ0) is 13.8. The Hall–Kier alpha value is -0.570. The molecule has 0 atom stereocenters. The van der Waals surface area contributed by atoms with Crippen LogP contribution < -0.4 is 27.3 Å². The summed E-state index contributed by atoms with van der Waals surface area (Å²) in [6, 6.07) is 3.94. The van der Waals surface area contributed by atoms with Gasteiger partial charge in [0.05, 0.1) is 0 Å². The predicted molar refractivity (Wildman–Crippen MR) is 82.9 cm³/mol. The number of unbranched alkanes of at least 4 members (excludes halogenated alkanes) is 9. The van der Waals surface area contributed by atoms with E-state index in [1.54, 1.807) is 0 Å². The number of nitrogens with zero attached hydrogens (tertiary/aromatic N) is 1. The lowest BCUT2D eigenvalue weighted by Gasteiger charge is -2.01. The van der Waals surface area contributed by atoms with Crippen molar-refractivity contribution in [2.75, 3.05) is 5.73 Å². The Bertz CT molecular complexity index is 311. The fourth-order valence-corrected chi connectivity index (χ4v) is 2.40. The van der Waals surface area contributed by atoms with Crippen LogP contribution in [0.5, 0.6) is 0 Å². The molecule has 0 aliphatic heterocycles. The Labute approximate surface area is 135 Å². The lowest BCUT2D eigenvalue weighted by Crippen LogP contribution is -3.00. The minimum Gasteiger partial charge on any atom is -1.00 e. The van der Waals surface area contributed by atoms with E-state index in [0.29, 0.717) is 0 Å². The maximum Gasteiger partial charge on any atom is 0.170 e. The number of anilines is 1. The summed E-state index contributed by atoms with van der Waals surface area (Å²) in [5.41, 5.74) is 6.51. The molecule has 0 amide bonds. The molecule has 3 heteroatoms. The predicted octanol–water partition coefficient (Wildman–Crippen LogP) is 1.48. The standard InChI is InChI=1S/C17H30N2.BrH/c1-2-3-4-5-6-7-8-9-10-11-14-19-15-12-17(18)13-16-19;/h12-13,15-16,18H,2-11,14H2,1H3;1H. The van der Waals surface area contributed by atoms with Crippen molar-refractivity contribution in [1.82, 2.24) is 0 Å². The number of aromatic nitrogens is 1. The molecule has 0 saturated heterocycles. The Kier molecular flexibility index (Phi) is 13.0. The average Bonchev–Trinajstić information content (AvgIpc) is 2.43. The van der Waals surface area contributed by atoms with E-state index in [9.17, 15) is 0 Å². The summed E-state index contributed by atoms with van der Waals surface area (Å²) >= 11 is 0. The van der Waals surface area contributed by atoms with Crippen LogP contribution in [0, 0.1) is 0 Å². The van der Waals surface area contributed by atoms with E-state index in [2.05, 4.69) is 23.9 Å². The minimum absolute atomic E-state index is 0. The molecule has 0 unspecified atom stereocenters. The van der Waals surface area contributed by atoms with Crippen LogP contribution in [0.1, 0.15) is 71.1 Å². The second-order valence-corrected chi connectivity index (χ2v) is 5.55. The van der Waals surface area contributed by atoms with Crippen molar-refractivity contribution in [3.8, 4) is 0 Å². The van der Waals surface area contributed by atoms with Crippen LogP contribution >= 0.6 is 0 Å². The van der Waals surface area contributed by atoms with Crippen LogP contribution in [0.4, 0.5) is 5.69 Å². The molecule has 0 fully saturated rings. The van der Waals surface area contributed by atoms with Crippen LogP contribution in [0.25, 0.3) is 0 Å². The molecule has 20 heavy (non-hydrogen) atoms. The molecule has 116 valence electrons. The Morgan fingerprint density at radius 1 is 0.800 bits per heavy atom. The van der Waals surface area contributed by atoms with E-state index in [-0.39, 0.29) is 17.0 Å². The third kappa shape index (κ3) is 10.2. The summed E-state index contributed by atoms with van der Waals surface area (Å²) in [7, 11) is 0. The van der Waals surface area contributed by atoms with Gasteiger partial charge in [0, 0.05) is 24.2 Å². The first-order chi connectivity index (χ1) is 9.33. The molecule has 0 aliphatic carbocycles. The maximum absolute atomic E-state index is 5.67. The zero-order valence-electron chi connectivity index (χ0n) is 13.0. The molecular weight excluding hydrogens is 312 g/mol. The summed E-state index contributed by atoms with van der Waals surface area (Å²) in [6.07, 6.45) is 18.1. The molecule has 2 nitrogen and oxygen atoms in total. The van der Waals surface area contributed by atoms with Crippen molar-refractivity contribution in [2.24, 2.45) is 0 Å². The molecule has 0 bridgehead atoms. The van der Waals surface area contributed by atoms with Gasteiger partial charge in [-0.3, -0.25) is 0 Å². The molecule has 0 aromatic carbocycles. The quantitative estimate of drug-likeness (QED) is 0.479. The van der Waals surface area contributed by atoms with E-state index >= 15 is 0 Å². The van der Waals surface area contributed by atoms with Gasteiger partial charge in [0.25, 0.3) is 0 Å². The van der Waals surface area contributed by atoms with Crippen molar-refractivity contribution in [1.29, 1.82) is 0 Å². The second kappa shape index (κ2) is 13.4. The van der Waals surface area contributed by atoms with Crippen molar-refractivity contribution in [2.45, 2.75) is 77.7 Å². The minimum atomic E-state index is 0. The normalized spacial score (nSPS) is 10.2. The highest BCUT2D eigenvalue weighted by molar-refractivity contribution is 5.32. The number of hydrogen-bond donors (Lipinski definition) is 1. The summed E-state index contributed by atoms with van der Waals surface area (Å²) in [5.74, 6) is 0. The summed E-state index contributed by atoms with van der Waals surface area (Å²) < 4.78 is 2.22. The van der Waals surface area contributed by atoms with Crippen LogP contribution in [0.3, 0.4) is 0 Å². The lowest BCUT2D eigenvalue weighted by molar-refractivity contribution is -0.697. The SMILES string of the molecule is CCCCCCCCCCCC[n+]1ccc(N)cc1.[Br-]. The number of aryl methyl sites for hydroxylation is 1. The third-order valence-electron chi connectivity index (χ3n) is 3.69. The molecule has 0 radical (unpaired) electrons. The van der Waals surface area contributed by atoms with Crippen LogP contribution in [-0.4, -0.2) is 0 Å². The molecular formula is C17H31BrN2. The van der Waals surface area contributed by atoms with Gasteiger partial charge in [0.2, 0.25) is 0 Å². The summed E-state index contributed by atoms with van der Waals surface area (Å²) in [6.45, 7) is 3.40. The fourth-order valence-electron chi connectivity index (χ4n) is 2.40. The first kappa shape index (κ1) is 19.4. The largest absolute Gasteiger partial charge is 1.00 e. The van der Waals surface area contributed by atoms with E-state index in [1.165, 1.54) is 64.2 Å². The maximum atomic E-state index is 5.67. The zero-order valence-corrected chi connectivity index (χ0v) is 14.6. The van der Waals surface area contributed by atoms with Gasteiger partial charge in [-0.15, -0.1) is 0 Å². The molecule has 1 heterocycles. The van der Waals surface area contributed by atoms with E-state index < -0.39 is 0 Å². The Morgan fingerprint density at radius 3 is 1.75 bits per heavy atom. The lowest BCUT2D eigenvalue weighted by atomic mass is 10.1. The fraction of sp³-hybridized carbons (Fsp3) is 0.706. The highest BCUT2D eigenvalue weighted by Crippen LogP contribution is 2.10. The molecule has 0 spiro atoms. The van der Waals surface area contributed by atoms with Crippen LogP contribution in [0.15, 0.2) is 24.5 Å². The van der Waals surface area contributed by atoms with Crippen LogP contribution in [-0.2, 0) is 6.54 Å². The van der Waals surface area contributed by atoms with Gasteiger partial charge >= 0.3 is 0 Å². The molecule has 1 aromatic rings. The smallest absolute Gasteiger partial charge is 0.170 e. The topological polar surface area (TPSA) is 29.9 Å². The van der Waals surface area contributed by atoms with Gasteiger partial charge in [-0.25, -0.2) is 4.57 Å². The van der Waals surface area contributed by atoms with Crippen molar-refractivity contribution in [3.05, 3.63) is 24.5 Å². The Morgan fingerprint density at radius 2 is 1.25 bits per heavy atom. The van der Waals surface area contributed by atoms with Crippen LogP contribution in [0.2, 0.25) is 0 Å². The molecule has 2 N–H and O–H groups in total. The number of hydrogen-bond acceptors (Lipinski definition) is 1. The van der Waals surface area contributed by atoms with Gasteiger partial charge < -0.3 is 22.7 Å². The van der Waals surface area contributed by atoms with Crippen molar-refractivity contribution < 1.29 is 21.5 Å². The first-order valence-corrected chi connectivity index (χ1v) is 8.07. The van der Waals surface area contributed by atoms with E-state index in [1.807, 2.05) is 12.1 Å². The Balaban J connectivity index is 0.00000361. The number of nitrogens with two attached hydrogens (primary N) is 1. The van der Waals surface area contributed by atoms with Gasteiger partial charge in [0.15, 0.2) is 12.4 Å². The number of rotatable bonds is 11. The van der Waals surface area contributed by atoms with E-state index in [0.717, 1.165) is 12.2 Å². The van der Waals surface area contributed by atoms with Crippen molar-refractivity contribution >= 4 is 5.69 Å². The van der Waals surface area contributed by atoms with Gasteiger partial charge in [0.1, 0.15) is 6.54 Å². The van der Waals surface area contributed by atoms with E-state index in [4.69, 9.17) is 5.73 Å². The third-order valence-corrected chi connectivity index (χ3v) is 3.69. The van der Waals surface area contributed by atoms with Gasteiger partial charge in [-0.05, 0) is 6.42 Å². The highest BCUT2D eigenvalue weighted by Gasteiger charge is 1.99. The number of pyridine rings is 1. The van der Waals surface area contributed by atoms with Crippen molar-refractivity contribution in [3.63, 3.8) is 0 Å². The summed E-state index contributed by atoms with van der Waals surface area (Å²) in [4.78, 5) is 0. The van der Waals surface area contributed by atoms with Gasteiger partial charge in [-0.2, -0.15) is 0 Å². The number of nitrogen functional groups attached to an aromatic ring is 1. The number of halogens is 1. The summed E-state index contributed by atoms with van der Waals surface area (Å²) in [5, 5.41) is 0. The molecule has 1 rings (SSSR count). The molecule has 0 saturated carbocycles. The first-order valence-electron chi connectivity index (χ1n) is 8.07. The molecule has 0 aliphatic rings. The van der Waals surface area contributed by atoms with Gasteiger partial charge in [-0.1, -0.05) is 58.3 Å².